The van der Waals surface area contributed by atoms with E-state index in [1.54, 1.807) is 0 Å². The van der Waals surface area contributed by atoms with Gasteiger partial charge in [0.25, 0.3) is 0 Å². The summed E-state index contributed by atoms with van der Waals surface area (Å²) in [5.74, 6) is 0.928. The molecule has 1 N–H and O–H groups in total. The van der Waals surface area contributed by atoms with Gasteiger partial charge in [-0.15, -0.1) is 0 Å². The summed E-state index contributed by atoms with van der Waals surface area (Å²) < 4.78 is 0. The zero-order valence-corrected chi connectivity index (χ0v) is 12.3. The van der Waals surface area contributed by atoms with Crippen molar-refractivity contribution in [2.45, 2.75) is 0 Å². The molecule has 0 unspecified atom stereocenters. The minimum Gasteiger partial charge on any atom is -0.338 e. The first-order valence-corrected chi connectivity index (χ1v) is 4.94. The topological polar surface area (TPSA) is 28.7 Å². The summed E-state index contributed by atoms with van der Waals surface area (Å²) in [5.41, 5.74) is 3.21. The van der Waals surface area contributed by atoms with Crippen LogP contribution in [0.25, 0.3) is 22.4 Å². The number of para-hydroxylation sites is 2. The van der Waals surface area contributed by atoms with Gasteiger partial charge in [-0.1, -0.05) is 42.5 Å². The molecule has 1 aromatic heterocycles. The number of benzene rings is 2. The minimum absolute atomic E-state index is 0. The Morgan fingerprint density at radius 2 is 1.50 bits per heavy atom. The van der Waals surface area contributed by atoms with Gasteiger partial charge in [0, 0.05) is 56.9 Å². The van der Waals surface area contributed by atoms with Crippen molar-refractivity contribution < 1.29 is 0 Å². The molecule has 0 atom stereocenters. The summed E-state index contributed by atoms with van der Waals surface area (Å²) in [6.45, 7) is 0. The van der Waals surface area contributed by atoms with Gasteiger partial charge in [0.15, 0.2) is 0 Å². The number of aromatic amines is 1. The van der Waals surface area contributed by atoms with Crippen molar-refractivity contribution in [3.05, 3.63) is 54.6 Å². The SMILES string of the molecule is [K].c1ccc(-c2nc3ccccc3[nH]2)cc1. The Balaban J connectivity index is 0.000000963. The largest absolute Gasteiger partial charge is 0.338 e. The van der Waals surface area contributed by atoms with E-state index in [9.17, 15) is 0 Å². The maximum atomic E-state index is 4.53. The van der Waals surface area contributed by atoms with Crippen LogP contribution in [-0.4, -0.2) is 61.4 Å². The molecule has 3 aromatic rings. The first-order chi connectivity index (χ1) is 7.43. The van der Waals surface area contributed by atoms with Gasteiger partial charge >= 0.3 is 0 Å². The Hall–Kier alpha value is -0.454. The third-order valence-electron chi connectivity index (χ3n) is 2.44. The van der Waals surface area contributed by atoms with Crippen molar-refractivity contribution in [3.63, 3.8) is 0 Å². The zero-order valence-electron chi connectivity index (χ0n) is 9.14. The number of aromatic nitrogens is 2. The third-order valence-corrected chi connectivity index (χ3v) is 2.44. The molecule has 0 aliphatic heterocycles. The number of rotatable bonds is 1. The average molecular weight is 233 g/mol. The standard InChI is InChI=1S/C13H10N2.K/c1-2-6-10(7-3-1)13-14-11-8-4-5-9-12(11)15-13;/h1-9H,(H,14,15);. The number of hydrogen-bond acceptors (Lipinski definition) is 1. The van der Waals surface area contributed by atoms with Gasteiger partial charge in [0.2, 0.25) is 0 Å². The minimum atomic E-state index is 0. The zero-order chi connectivity index (χ0) is 10.1. The van der Waals surface area contributed by atoms with Crippen LogP contribution in [0.3, 0.4) is 0 Å². The van der Waals surface area contributed by atoms with Gasteiger partial charge < -0.3 is 4.98 Å². The van der Waals surface area contributed by atoms with E-state index < -0.39 is 0 Å². The number of fused-ring (bicyclic) bond motifs is 1. The van der Waals surface area contributed by atoms with Crippen molar-refractivity contribution in [2.75, 3.05) is 0 Å². The summed E-state index contributed by atoms with van der Waals surface area (Å²) in [4.78, 5) is 7.83. The van der Waals surface area contributed by atoms with Crippen molar-refractivity contribution in [2.24, 2.45) is 0 Å². The van der Waals surface area contributed by atoms with Gasteiger partial charge in [0.1, 0.15) is 5.82 Å². The monoisotopic (exact) mass is 233 g/mol. The smallest absolute Gasteiger partial charge is 0.138 e. The molecule has 73 valence electrons. The van der Waals surface area contributed by atoms with E-state index in [0.29, 0.717) is 0 Å². The number of H-pyrrole nitrogens is 1. The molecule has 3 rings (SSSR count). The molecule has 2 aromatic carbocycles. The second-order valence-corrected chi connectivity index (χ2v) is 3.47. The third kappa shape index (κ3) is 2.29. The molecule has 1 heterocycles. The van der Waals surface area contributed by atoms with Crippen LogP contribution in [0.15, 0.2) is 54.6 Å². The molecule has 0 spiro atoms. The van der Waals surface area contributed by atoms with Crippen molar-refractivity contribution in [1.82, 2.24) is 9.97 Å². The molecule has 16 heavy (non-hydrogen) atoms. The van der Waals surface area contributed by atoms with E-state index in [-0.39, 0.29) is 51.4 Å². The van der Waals surface area contributed by atoms with E-state index in [1.807, 2.05) is 42.5 Å². The second kappa shape index (κ2) is 5.25. The molecule has 0 bridgehead atoms. The fourth-order valence-corrected chi connectivity index (χ4v) is 1.69. The predicted octanol–water partition coefficient (Wildman–Crippen LogP) is 2.85. The maximum Gasteiger partial charge on any atom is 0.138 e. The van der Waals surface area contributed by atoms with Crippen molar-refractivity contribution in [3.8, 4) is 11.4 Å². The molecule has 0 aliphatic rings. The molecule has 2 nitrogen and oxygen atoms in total. The van der Waals surface area contributed by atoms with E-state index >= 15 is 0 Å². The van der Waals surface area contributed by atoms with Crippen LogP contribution in [0.4, 0.5) is 0 Å². The fourth-order valence-electron chi connectivity index (χ4n) is 1.69. The molecule has 0 saturated heterocycles. The first kappa shape index (κ1) is 12.0. The summed E-state index contributed by atoms with van der Waals surface area (Å²) in [6.07, 6.45) is 0. The molecular weight excluding hydrogens is 223 g/mol. The van der Waals surface area contributed by atoms with Gasteiger partial charge in [-0.3, -0.25) is 0 Å². The molecule has 0 aliphatic carbocycles. The van der Waals surface area contributed by atoms with Crippen LogP contribution in [0.1, 0.15) is 0 Å². The van der Waals surface area contributed by atoms with Crippen LogP contribution in [-0.2, 0) is 0 Å². The van der Waals surface area contributed by atoms with Crippen LogP contribution < -0.4 is 0 Å². The van der Waals surface area contributed by atoms with Gasteiger partial charge in [-0.05, 0) is 12.1 Å². The summed E-state index contributed by atoms with van der Waals surface area (Å²) in [6, 6.07) is 18.2. The molecule has 1 radical (unpaired) electrons. The van der Waals surface area contributed by atoms with Crippen LogP contribution in [0, 0.1) is 0 Å². The summed E-state index contributed by atoms with van der Waals surface area (Å²) >= 11 is 0. The Morgan fingerprint density at radius 3 is 2.25 bits per heavy atom. The van der Waals surface area contributed by atoms with Gasteiger partial charge in [-0.2, -0.15) is 0 Å². The molecule has 0 fully saturated rings. The predicted molar refractivity (Wildman–Crippen MR) is 67.3 cm³/mol. The van der Waals surface area contributed by atoms with Crippen molar-refractivity contribution in [1.29, 1.82) is 0 Å². The second-order valence-electron chi connectivity index (χ2n) is 3.47. The van der Waals surface area contributed by atoms with Crippen molar-refractivity contribution >= 4 is 62.4 Å². The van der Waals surface area contributed by atoms with E-state index in [2.05, 4.69) is 22.1 Å². The van der Waals surface area contributed by atoms with E-state index in [1.165, 1.54) is 0 Å². The summed E-state index contributed by atoms with van der Waals surface area (Å²) in [7, 11) is 0. The Morgan fingerprint density at radius 1 is 0.812 bits per heavy atom. The average Bonchev–Trinajstić information content (AvgIpc) is 2.74. The Bertz CT molecular complexity index is 554. The fraction of sp³-hybridized carbons (Fsp3) is 0. The number of nitrogens with one attached hydrogen (secondary N) is 1. The summed E-state index contributed by atoms with van der Waals surface area (Å²) in [5, 5.41) is 0. The number of imidazole rings is 1. The normalized spacial score (nSPS) is 10.0. The number of nitrogens with zero attached hydrogens (tertiary/aromatic N) is 1. The number of hydrogen-bond donors (Lipinski definition) is 1. The molecule has 0 saturated carbocycles. The van der Waals surface area contributed by atoms with Crippen LogP contribution >= 0.6 is 0 Å². The van der Waals surface area contributed by atoms with Crippen LogP contribution in [0.2, 0.25) is 0 Å². The van der Waals surface area contributed by atoms with Gasteiger partial charge in [0.05, 0.1) is 11.0 Å². The Labute approximate surface area is 137 Å². The van der Waals surface area contributed by atoms with E-state index in [4.69, 9.17) is 0 Å². The van der Waals surface area contributed by atoms with Crippen LogP contribution in [0.5, 0.6) is 0 Å². The molecular formula is C13H10KN2. The van der Waals surface area contributed by atoms with Gasteiger partial charge in [-0.25, -0.2) is 4.98 Å². The quantitative estimate of drug-likeness (QED) is 0.643. The Kier molecular flexibility index (Phi) is 3.94. The van der Waals surface area contributed by atoms with E-state index in [0.717, 1.165) is 22.4 Å². The molecule has 0 amide bonds. The molecule has 3 heteroatoms. The maximum absolute atomic E-state index is 4.53. The first-order valence-electron chi connectivity index (χ1n) is 4.94.